The van der Waals surface area contributed by atoms with Gasteiger partial charge in [0.15, 0.2) is 11.5 Å². The highest BCUT2D eigenvalue weighted by atomic mass is 16.5. The average molecular weight is 322 g/mol. The number of nitrogens with one attached hydrogen (secondary N) is 2. The molecule has 0 aliphatic rings. The minimum atomic E-state index is -0.192. The number of hydrogen-bond donors (Lipinski definition) is 2. The quantitative estimate of drug-likeness (QED) is 0.663. The standard InChI is InChI=1S/C18H30N2O3/c1-5-11-22-16-10-9-15(13-17(16)23-12-6-2)20-18(21)19-14(7-3)8-4/h9-10,13-14H,5-8,11-12H2,1-4H3,(H2,19,20,21). The topological polar surface area (TPSA) is 59.6 Å². The number of anilines is 1. The van der Waals surface area contributed by atoms with Crippen LogP contribution in [0.15, 0.2) is 18.2 Å². The first-order valence-electron chi connectivity index (χ1n) is 8.61. The molecule has 0 saturated carbocycles. The highest BCUT2D eigenvalue weighted by Gasteiger charge is 2.11. The summed E-state index contributed by atoms with van der Waals surface area (Å²) in [6, 6.07) is 5.48. The van der Waals surface area contributed by atoms with E-state index in [2.05, 4.69) is 38.3 Å². The molecule has 1 aromatic carbocycles. The SMILES string of the molecule is CCCOc1ccc(NC(=O)NC(CC)CC)cc1OCCC. The lowest BCUT2D eigenvalue weighted by Gasteiger charge is -2.17. The van der Waals surface area contributed by atoms with Crippen molar-refractivity contribution in [2.45, 2.75) is 59.4 Å². The first kappa shape index (κ1) is 19.1. The molecule has 0 aromatic heterocycles. The molecule has 0 heterocycles. The average Bonchev–Trinajstić information content (AvgIpc) is 2.56. The van der Waals surface area contributed by atoms with Gasteiger partial charge in [-0.05, 0) is 37.8 Å². The second kappa shape index (κ2) is 10.8. The Bertz CT molecular complexity index is 473. The normalized spacial score (nSPS) is 10.5. The number of urea groups is 1. The summed E-state index contributed by atoms with van der Waals surface area (Å²) in [5.74, 6) is 1.38. The Morgan fingerprint density at radius 3 is 2.17 bits per heavy atom. The number of carbonyl (C=O) groups is 1. The lowest BCUT2D eigenvalue weighted by molar-refractivity contribution is 0.247. The highest BCUT2D eigenvalue weighted by molar-refractivity contribution is 5.89. The molecule has 0 radical (unpaired) electrons. The Kier molecular flexibility index (Phi) is 8.95. The molecule has 130 valence electrons. The fourth-order valence-electron chi connectivity index (χ4n) is 2.09. The van der Waals surface area contributed by atoms with E-state index in [-0.39, 0.29) is 12.1 Å². The second-order valence-electron chi connectivity index (χ2n) is 5.47. The number of amides is 2. The van der Waals surface area contributed by atoms with Crippen molar-refractivity contribution in [3.05, 3.63) is 18.2 Å². The van der Waals surface area contributed by atoms with E-state index in [1.165, 1.54) is 0 Å². The van der Waals surface area contributed by atoms with E-state index < -0.39 is 0 Å². The van der Waals surface area contributed by atoms with Crippen molar-refractivity contribution >= 4 is 11.7 Å². The van der Waals surface area contributed by atoms with Gasteiger partial charge in [0.1, 0.15) is 0 Å². The van der Waals surface area contributed by atoms with Crippen LogP contribution in [0.5, 0.6) is 11.5 Å². The Hall–Kier alpha value is -1.91. The van der Waals surface area contributed by atoms with Gasteiger partial charge in [0.05, 0.1) is 13.2 Å². The highest BCUT2D eigenvalue weighted by Crippen LogP contribution is 2.31. The molecule has 2 N–H and O–H groups in total. The summed E-state index contributed by atoms with van der Waals surface area (Å²) in [6.45, 7) is 9.49. The number of benzene rings is 1. The molecule has 2 amide bonds. The van der Waals surface area contributed by atoms with Crippen molar-refractivity contribution in [3.63, 3.8) is 0 Å². The molecule has 5 heteroatoms. The van der Waals surface area contributed by atoms with Crippen LogP contribution < -0.4 is 20.1 Å². The fourth-order valence-corrected chi connectivity index (χ4v) is 2.09. The van der Waals surface area contributed by atoms with Gasteiger partial charge in [0.25, 0.3) is 0 Å². The third-order valence-corrected chi connectivity index (χ3v) is 3.45. The molecular weight excluding hydrogens is 292 g/mol. The smallest absolute Gasteiger partial charge is 0.319 e. The first-order valence-corrected chi connectivity index (χ1v) is 8.61. The second-order valence-corrected chi connectivity index (χ2v) is 5.47. The van der Waals surface area contributed by atoms with Crippen LogP contribution in [-0.2, 0) is 0 Å². The molecule has 0 bridgehead atoms. The summed E-state index contributed by atoms with van der Waals surface area (Å²) in [7, 11) is 0. The summed E-state index contributed by atoms with van der Waals surface area (Å²) in [5.41, 5.74) is 0.698. The van der Waals surface area contributed by atoms with Gasteiger partial charge in [0, 0.05) is 17.8 Å². The Morgan fingerprint density at radius 1 is 1.00 bits per heavy atom. The minimum Gasteiger partial charge on any atom is -0.490 e. The van der Waals surface area contributed by atoms with Crippen molar-refractivity contribution in [3.8, 4) is 11.5 Å². The molecule has 23 heavy (non-hydrogen) atoms. The third-order valence-electron chi connectivity index (χ3n) is 3.45. The minimum absolute atomic E-state index is 0.192. The van der Waals surface area contributed by atoms with Crippen LogP contribution in [0.1, 0.15) is 53.4 Å². The van der Waals surface area contributed by atoms with E-state index in [9.17, 15) is 4.79 Å². The Morgan fingerprint density at radius 2 is 1.61 bits per heavy atom. The van der Waals surface area contributed by atoms with Crippen LogP contribution in [0.3, 0.4) is 0 Å². The number of hydrogen-bond acceptors (Lipinski definition) is 3. The molecule has 0 spiro atoms. The Balaban J connectivity index is 2.76. The van der Waals surface area contributed by atoms with Gasteiger partial charge in [-0.1, -0.05) is 27.7 Å². The summed E-state index contributed by atoms with van der Waals surface area (Å²) >= 11 is 0. The van der Waals surface area contributed by atoms with Crippen molar-refractivity contribution in [2.75, 3.05) is 18.5 Å². The summed E-state index contributed by atoms with van der Waals surface area (Å²) in [5, 5.41) is 5.81. The van der Waals surface area contributed by atoms with Crippen LogP contribution in [0.25, 0.3) is 0 Å². The summed E-state index contributed by atoms with van der Waals surface area (Å²) in [4.78, 5) is 12.0. The molecular formula is C18H30N2O3. The molecule has 1 aromatic rings. The fraction of sp³-hybridized carbons (Fsp3) is 0.611. The predicted octanol–water partition coefficient (Wildman–Crippen LogP) is 4.57. The summed E-state index contributed by atoms with van der Waals surface area (Å²) < 4.78 is 11.4. The van der Waals surface area contributed by atoms with Crippen molar-refractivity contribution in [1.82, 2.24) is 5.32 Å². The maximum Gasteiger partial charge on any atom is 0.319 e. The van der Waals surface area contributed by atoms with Gasteiger partial charge >= 0.3 is 6.03 Å². The van der Waals surface area contributed by atoms with E-state index in [4.69, 9.17) is 9.47 Å². The zero-order valence-electron chi connectivity index (χ0n) is 14.8. The zero-order chi connectivity index (χ0) is 17.1. The molecule has 0 fully saturated rings. The van der Waals surface area contributed by atoms with Gasteiger partial charge in [-0.15, -0.1) is 0 Å². The predicted molar refractivity (Wildman–Crippen MR) is 94.5 cm³/mol. The molecule has 0 atom stereocenters. The number of carbonyl (C=O) groups excluding carboxylic acids is 1. The Labute approximate surface area is 139 Å². The van der Waals surface area contributed by atoms with Gasteiger partial charge in [-0.3, -0.25) is 0 Å². The van der Waals surface area contributed by atoms with Gasteiger partial charge in [-0.2, -0.15) is 0 Å². The monoisotopic (exact) mass is 322 g/mol. The van der Waals surface area contributed by atoms with E-state index in [0.717, 1.165) is 25.7 Å². The first-order chi connectivity index (χ1) is 11.1. The van der Waals surface area contributed by atoms with Crippen molar-refractivity contribution in [1.29, 1.82) is 0 Å². The molecule has 5 nitrogen and oxygen atoms in total. The largest absolute Gasteiger partial charge is 0.490 e. The van der Waals surface area contributed by atoms with Gasteiger partial charge in [-0.25, -0.2) is 4.79 Å². The van der Waals surface area contributed by atoms with Crippen molar-refractivity contribution < 1.29 is 14.3 Å². The molecule has 1 rings (SSSR count). The number of rotatable bonds is 10. The van der Waals surface area contributed by atoms with Crippen LogP contribution in [-0.4, -0.2) is 25.3 Å². The number of ether oxygens (including phenoxy) is 2. The van der Waals surface area contributed by atoms with Crippen LogP contribution in [0.2, 0.25) is 0 Å². The molecule has 0 unspecified atom stereocenters. The van der Waals surface area contributed by atoms with E-state index in [1.54, 1.807) is 0 Å². The van der Waals surface area contributed by atoms with Crippen LogP contribution >= 0.6 is 0 Å². The lowest BCUT2D eigenvalue weighted by atomic mass is 10.2. The third kappa shape index (κ3) is 6.80. The molecule has 0 aliphatic heterocycles. The van der Waals surface area contributed by atoms with Gasteiger partial charge in [0.2, 0.25) is 0 Å². The maximum absolute atomic E-state index is 12.0. The van der Waals surface area contributed by atoms with E-state index in [0.29, 0.717) is 30.4 Å². The summed E-state index contributed by atoms with van der Waals surface area (Å²) in [6.07, 6.45) is 3.68. The molecule has 0 saturated heterocycles. The van der Waals surface area contributed by atoms with E-state index >= 15 is 0 Å². The van der Waals surface area contributed by atoms with Crippen LogP contribution in [0.4, 0.5) is 10.5 Å². The lowest BCUT2D eigenvalue weighted by Crippen LogP contribution is -2.37. The van der Waals surface area contributed by atoms with Crippen molar-refractivity contribution in [2.24, 2.45) is 0 Å². The zero-order valence-corrected chi connectivity index (χ0v) is 14.8. The van der Waals surface area contributed by atoms with E-state index in [1.807, 2.05) is 18.2 Å². The molecule has 0 aliphatic carbocycles. The van der Waals surface area contributed by atoms with Crippen LogP contribution in [0, 0.1) is 0 Å². The maximum atomic E-state index is 12.0. The van der Waals surface area contributed by atoms with Gasteiger partial charge < -0.3 is 20.1 Å².